The van der Waals surface area contributed by atoms with Crippen LogP contribution in [0.2, 0.25) is 0 Å². The zero-order valence-corrected chi connectivity index (χ0v) is 20.1. The minimum atomic E-state index is -4.79. The Balaban J connectivity index is 1.50. The maximum Gasteiger partial charge on any atom is 0.573 e. The Bertz CT molecular complexity index is 1260. The minimum Gasteiger partial charge on any atom is -0.494 e. The number of benzene rings is 2. The molecular formula is C23H20F3N3O4S2. The Labute approximate surface area is 207 Å². The number of alkyl halides is 3. The van der Waals surface area contributed by atoms with Crippen LogP contribution in [-0.4, -0.2) is 39.9 Å². The van der Waals surface area contributed by atoms with Gasteiger partial charge in [0, 0.05) is 17.9 Å². The van der Waals surface area contributed by atoms with Crippen LogP contribution in [0.4, 0.5) is 18.9 Å². The number of aromatic nitrogens is 2. The van der Waals surface area contributed by atoms with Gasteiger partial charge in [0.05, 0.1) is 28.6 Å². The smallest absolute Gasteiger partial charge is 0.494 e. The summed E-state index contributed by atoms with van der Waals surface area (Å²) in [6.45, 7) is 2.40. The molecule has 1 N–H and O–H groups in total. The molecule has 2 aromatic carbocycles. The molecule has 0 atom stereocenters. The van der Waals surface area contributed by atoms with Crippen LogP contribution in [0.25, 0.3) is 5.69 Å². The molecule has 4 rings (SSSR count). The van der Waals surface area contributed by atoms with E-state index in [0.717, 1.165) is 29.6 Å². The molecule has 184 valence electrons. The number of aryl methyl sites for hydroxylation is 1. The van der Waals surface area contributed by atoms with E-state index in [1.54, 1.807) is 24.3 Å². The van der Waals surface area contributed by atoms with Crippen LogP contribution < -0.4 is 20.3 Å². The summed E-state index contributed by atoms with van der Waals surface area (Å²) in [5, 5.41) is 3.00. The minimum absolute atomic E-state index is 0.0593. The van der Waals surface area contributed by atoms with Crippen LogP contribution in [0.3, 0.4) is 0 Å². The molecule has 35 heavy (non-hydrogen) atoms. The molecule has 0 saturated heterocycles. The predicted octanol–water partition coefficient (Wildman–Crippen LogP) is 4.91. The lowest BCUT2D eigenvalue weighted by Gasteiger charge is -2.14. The standard InChI is InChI=1S/C23H20F3N3O4S2/c1-2-32-16-9-5-15(6-10-16)29-21(31)20-18(11-12-34-20)28-22(29)35-13-19(30)27-14-3-7-17(8-4-14)33-23(24,25)26/h3-10H,2,11-13H2,1H3,(H,27,30). The first-order chi connectivity index (χ1) is 16.7. The highest BCUT2D eigenvalue weighted by Gasteiger charge is 2.31. The molecule has 0 bridgehead atoms. The van der Waals surface area contributed by atoms with E-state index in [1.165, 1.54) is 28.5 Å². The van der Waals surface area contributed by atoms with Gasteiger partial charge in [-0.2, -0.15) is 0 Å². The lowest BCUT2D eigenvalue weighted by molar-refractivity contribution is -0.274. The second kappa shape index (κ2) is 10.6. The summed E-state index contributed by atoms with van der Waals surface area (Å²) >= 11 is 2.56. The number of nitrogens with one attached hydrogen (secondary N) is 1. The lowest BCUT2D eigenvalue weighted by Crippen LogP contribution is -2.24. The van der Waals surface area contributed by atoms with Gasteiger partial charge in [-0.05, 0) is 55.5 Å². The van der Waals surface area contributed by atoms with Crippen LogP contribution in [-0.2, 0) is 11.2 Å². The van der Waals surface area contributed by atoms with Crippen molar-refractivity contribution in [1.82, 2.24) is 9.55 Å². The Kier molecular flexibility index (Phi) is 7.60. The molecule has 3 aromatic rings. The third-order valence-corrected chi connectivity index (χ3v) is 6.82. The number of thioether (sulfide) groups is 2. The molecule has 1 aromatic heterocycles. The molecule has 0 saturated carbocycles. The van der Waals surface area contributed by atoms with Gasteiger partial charge in [-0.25, -0.2) is 4.98 Å². The molecule has 12 heteroatoms. The maximum absolute atomic E-state index is 13.2. The summed E-state index contributed by atoms with van der Waals surface area (Å²) in [5.74, 6) is 0.596. The van der Waals surface area contributed by atoms with Gasteiger partial charge >= 0.3 is 6.36 Å². The second-order valence-corrected chi connectivity index (χ2v) is 9.29. The molecular weight excluding hydrogens is 503 g/mol. The molecule has 1 aliphatic heterocycles. The zero-order chi connectivity index (χ0) is 25.0. The number of anilines is 1. The van der Waals surface area contributed by atoms with E-state index >= 15 is 0 Å². The van der Waals surface area contributed by atoms with Crippen molar-refractivity contribution >= 4 is 35.1 Å². The van der Waals surface area contributed by atoms with Gasteiger partial charge < -0.3 is 14.8 Å². The van der Waals surface area contributed by atoms with Crippen molar-refractivity contribution in [3.05, 3.63) is 64.6 Å². The number of halogens is 3. The highest BCUT2D eigenvalue weighted by molar-refractivity contribution is 8.00. The number of carbonyl (C=O) groups excluding carboxylic acids is 1. The van der Waals surface area contributed by atoms with E-state index in [0.29, 0.717) is 45.9 Å². The molecule has 0 aliphatic carbocycles. The highest BCUT2D eigenvalue weighted by Crippen LogP contribution is 2.30. The van der Waals surface area contributed by atoms with Crippen molar-refractivity contribution in [3.8, 4) is 17.2 Å². The number of nitrogens with zero attached hydrogens (tertiary/aromatic N) is 2. The normalized spacial score (nSPS) is 12.8. The fourth-order valence-corrected chi connectivity index (χ4v) is 5.20. The molecule has 0 spiro atoms. The van der Waals surface area contributed by atoms with E-state index in [4.69, 9.17) is 4.74 Å². The quantitative estimate of drug-likeness (QED) is 0.332. The van der Waals surface area contributed by atoms with Gasteiger partial charge in [0.15, 0.2) is 5.16 Å². The van der Waals surface area contributed by atoms with Crippen LogP contribution >= 0.6 is 23.5 Å². The van der Waals surface area contributed by atoms with Crippen LogP contribution in [0.1, 0.15) is 12.6 Å². The molecule has 1 aliphatic rings. The van der Waals surface area contributed by atoms with E-state index < -0.39 is 12.3 Å². The van der Waals surface area contributed by atoms with Crippen LogP contribution in [0.15, 0.2) is 63.4 Å². The lowest BCUT2D eigenvalue weighted by atomic mass is 10.3. The number of fused-ring (bicyclic) bond motifs is 1. The van der Waals surface area contributed by atoms with Crippen molar-refractivity contribution in [2.45, 2.75) is 29.8 Å². The fraction of sp³-hybridized carbons (Fsp3) is 0.261. The van der Waals surface area contributed by atoms with Crippen LogP contribution in [0, 0.1) is 0 Å². The number of hydrogen-bond donors (Lipinski definition) is 1. The summed E-state index contributed by atoms with van der Waals surface area (Å²) < 4.78 is 47.7. The van der Waals surface area contributed by atoms with Gasteiger partial charge in [0.1, 0.15) is 11.5 Å². The van der Waals surface area contributed by atoms with Crippen molar-refractivity contribution < 1.29 is 27.4 Å². The Morgan fingerprint density at radius 1 is 1.14 bits per heavy atom. The first-order valence-corrected chi connectivity index (χ1v) is 12.5. The van der Waals surface area contributed by atoms with Gasteiger partial charge in [-0.15, -0.1) is 24.9 Å². The van der Waals surface area contributed by atoms with Gasteiger partial charge in [0.25, 0.3) is 5.56 Å². The third-order valence-electron chi connectivity index (χ3n) is 4.78. The maximum atomic E-state index is 13.2. The average molecular weight is 524 g/mol. The largest absolute Gasteiger partial charge is 0.573 e. The van der Waals surface area contributed by atoms with Crippen molar-refractivity contribution in [2.24, 2.45) is 0 Å². The Morgan fingerprint density at radius 2 is 1.83 bits per heavy atom. The zero-order valence-electron chi connectivity index (χ0n) is 18.4. The Hall–Kier alpha value is -3.12. The molecule has 7 nitrogen and oxygen atoms in total. The summed E-state index contributed by atoms with van der Waals surface area (Å²) in [5.41, 5.74) is 1.44. The summed E-state index contributed by atoms with van der Waals surface area (Å²) in [4.78, 5) is 31.0. The van der Waals surface area contributed by atoms with Gasteiger partial charge in [0.2, 0.25) is 5.91 Å². The molecule has 1 amide bonds. The number of hydrogen-bond acceptors (Lipinski definition) is 7. The first-order valence-electron chi connectivity index (χ1n) is 10.5. The number of ether oxygens (including phenoxy) is 2. The van der Waals surface area contributed by atoms with E-state index in [-0.39, 0.29) is 17.1 Å². The van der Waals surface area contributed by atoms with Crippen molar-refractivity contribution in [1.29, 1.82) is 0 Å². The van der Waals surface area contributed by atoms with E-state index in [2.05, 4.69) is 15.0 Å². The number of amides is 1. The van der Waals surface area contributed by atoms with E-state index in [1.807, 2.05) is 6.92 Å². The van der Waals surface area contributed by atoms with Gasteiger partial charge in [-0.3, -0.25) is 14.2 Å². The second-order valence-electron chi connectivity index (χ2n) is 7.25. The van der Waals surface area contributed by atoms with Gasteiger partial charge in [-0.1, -0.05) is 11.8 Å². The van der Waals surface area contributed by atoms with Crippen molar-refractivity contribution in [2.75, 3.05) is 23.4 Å². The average Bonchev–Trinajstić information content (AvgIpc) is 3.28. The molecule has 0 unspecified atom stereocenters. The molecule has 0 fully saturated rings. The van der Waals surface area contributed by atoms with Crippen molar-refractivity contribution in [3.63, 3.8) is 0 Å². The molecule has 0 radical (unpaired) electrons. The monoisotopic (exact) mass is 523 g/mol. The van der Waals surface area contributed by atoms with E-state index in [9.17, 15) is 22.8 Å². The number of rotatable bonds is 8. The summed E-state index contributed by atoms with van der Waals surface area (Å²) in [6.07, 6.45) is -4.12. The fourth-order valence-electron chi connectivity index (χ4n) is 3.34. The number of carbonyl (C=O) groups is 1. The summed E-state index contributed by atoms with van der Waals surface area (Å²) in [7, 11) is 0. The van der Waals surface area contributed by atoms with Crippen LogP contribution in [0.5, 0.6) is 11.5 Å². The SMILES string of the molecule is CCOc1ccc(-n2c(SCC(=O)Nc3ccc(OC(F)(F)F)cc3)nc3c(c2=O)SCC3)cc1. The first kappa shape index (κ1) is 25.0. The molecule has 2 heterocycles. The third kappa shape index (κ3) is 6.31. The summed E-state index contributed by atoms with van der Waals surface area (Å²) in [6, 6.07) is 11.9. The topological polar surface area (TPSA) is 82.4 Å². The predicted molar refractivity (Wildman–Crippen MR) is 128 cm³/mol. The highest BCUT2D eigenvalue weighted by atomic mass is 32.2. The Morgan fingerprint density at radius 3 is 2.49 bits per heavy atom.